The Bertz CT molecular complexity index is 833. The van der Waals surface area contributed by atoms with E-state index in [2.05, 4.69) is 24.4 Å². The van der Waals surface area contributed by atoms with Crippen molar-refractivity contribution in [2.45, 2.75) is 39.5 Å². The zero-order valence-corrected chi connectivity index (χ0v) is 16.6. The Labute approximate surface area is 165 Å². The van der Waals surface area contributed by atoms with Crippen LogP contribution in [0.2, 0.25) is 5.02 Å². The number of nitrogens with one attached hydrogen (secondary N) is 1. The number of anilines is 2. The van der Waals surface area contributed by atoms with Crippen molar-refractivity contribution in [2.24, 2.45) is 5.92 Å². The Balaban J connectivity index is 1.66. The lowest BCUT2D eigenvalue weighted by molar-refractivity contribution is -0.122. The quantitative estimate of drug-likeness (QED) is 0.763. The topological polar surface area (TPSA) is 49.4 Å². The van der Waals surface area contributed by atoms with E-state index in [1.807, 2.05) is 25.1 Å². The normalized spacial score (nSPS) is 16.6. The number of halogens is 1. The highest BCUT2D eigenvalue weighted by Gasteiger charge is 2.35. The van der Waals surface area contributed by atoms with E-state index < -0.39 is 0 Å². The second-order valence-electron chi connectivity index (χ2n) is 7.08. The second-order valence-corrected chi connectivity index (χ2v) is 7.48. The first-order valence-electron chi connectivity index (χ1n) is 9.45. The summed E-state index contributed by atoms with van der Waals surface area (Å²) in [6.07, 6.45) is 3.60. The van der Waals surface area contributed by atoms with Crippen LogP contribution in [0.5, 0.6) is 0 Å². The Morgan fingerprint density at radius 2 is 1.96 bits per heavy atom. The molecule has 0 bridgehead atoms. The van der Waals surface area contributed by atoms with Gasteiger partial charge in [0.15, 0.2) is 0 Å². The molecule has 2 amide bonds. The van der Waals surface area contributed by atoms with Gasteiger partial charge in [0.1, 0.15) is 0 Å². The van der Waals surface area contributed by atoms with Crippen LogP contribution in [0.15, 0.2) is 42.5 Å². The molecule has 1 aliphatic heterocycles. The minimum absolute atomic E-state index is 0.0146. The van der Waals surface area contributed by atoms with Gasteiger partial charge in [0.2, 0.25) is 11.8 Å². The summed E-state index contributed by atoms with van der Waals surface area (Å²) in [6.45, 7) is 4.44. The van der Waals surface area contributed by atoms with E-state index in [1.165, 1.54) is 5.56 Å². The molecule has 1 fully saturated rings. The number of amides is 2. The maximum atomic E-state index is 12.6. The molecule has 1 aliphatic rings. The molecular weight excluding hydrogens is 360 g/mol. The average molecular weight is 385 g/mol. The van der Waals surface area contributed by atoms with Crippen LogP contribution in [0.1, 0.15) is 37.3 Å². The van der Waals surface area contributed by atoms with Crippen LogP contribution in [0, 0.1) is 12.8 Å². The van der Waals surface area contributed by atoms with Gasteiger partial charge in [0, 0.05) is 29.4 Å². The van der Waals surface area contributed by atoms with Crippen LogP contribution in [-0.4, -0.2) is 18.4 Å². The average Bonchev–Trinajstić information content (AvgIpc) is 3.06. The first-order valence-corrected chi connectivity index (χ1v) is 9.82. The van der Waals surface area contributed by atoms with Crippen LogP contribution >= 0.6 is 11.6 Å². The fourth-order valence-electron chi connectivity index (χ4n) is 3.33. The van der Waals surface area contributed by atoms with Gasteiger partial charge in [-0.25, -0.2) is 0 Å². The summed E-state index contributed by atoms with van der Waals surface area (Å²) in [5, 5.41) is 3.53. The Hall–Kier alpha value is -2.33. The number of carbonyl (C=O) groups excluding carboxylic acids is 2. The molecular formula is C22H25ClN2O2. The Kier molecular flexibility index (Phi) is 6.17. The molecule has 4 nitrogen and oxygen atoms in total. The molecule has 0 unspecified atom stereocenters. The number of carbonyl (C=O) groups is 2. The lowest BCUT2D eigenvalue weighted by Gasteiger charge is -2.17. The third-order valence-electron chi connectivity index (χ3n) is 5.09. The van der Waals surface area contributed by atoms with Crippen LogP contribution in [-0.2, 0) is 16.0 Å². The number of hydrogen-bond acceptors (Lipinski definition) is 2. The summed E-state index contributed by atoms with van der Waals surface area (Å²) in [7, 11) is 0. The smallest absolute Gasteiger partial charge is 0.229 e. The summed E-state index contributed by atoms with van der Waals surface area (Å²) < 4.78 is 0. The molecule has 0 aliphatic carbocycles. The van der Waals surface area contributed by atoms with Crippen molar-refractivity contribution >= 4 is 34.8 Å². The molecule has 142 valence electrons. The maximum absolute atomic E-state index is 12.6. The van der Waals surface area contributed by atoms with Gasteiger partial charge in [-0.15, -0.1) is 0 Å². The monoisotopic (exact) mass is 384 g/mol. The highest BCUT2D eigenvalue weighted by atomic mass is 35.5. The third kappa shape index (κ3) is 4.51. The summed E-state index contributed by atoms with van der Waals surface area (Å²) in [6, 6.07) is 13.5. The number of rotatable bonds is 6. The van der Waals surface area contributed by atoms with Crippen molar-refractivity contribution < 1.29 is 9.59 Å². The molecule has 3 rings (SSSR count). The molecule has 0 radical (unpaired) electrons. The van der Waals surface area contributed by atoms with Crippen molar-refractivity contribution in [3.63, 3.8) is 0 Å². The SMILES string of the molecule is CCCCc1ccc(N2C[C@H](C(=O)Nc3cccc(Cl)c3C)CC2=O)cc1. The molecule has 0 spiro atoms. The minimum Gasteiger partial charge on any atom is -0.325 e. The fraction of sp³-hybridized carbons (Fsp3) is 0.364. The van der Waals surface area contributed by atoms with Gasteiger partial charge >= 0.3 is 0 Å². The van der Waals surface area contributed by atoms with Gasteiger partial charge in [0.05, 0.1) is 5.92 Å². The largest absolute Gasteiger partial charge is 0.325 e. The van der Waals surface area contributed by atoms with Crippen LogP contribution in [0.25, 0.3) is 0 Å². The molecule has 1 N–H and O–H groups in total. The molecule has 0 aromatic heterocycles. The molecule has 0 saturated carbocycles. The summed E-state index contributed by atoms with van der Waals surface area (Å²) in [5.41, 5.74) is 3.66. The zero-order valence-electron chi connectivity index (χ0n) is 15.8. The third-order valence-corrected chi connectivity index (χ3v) is 5.50. The van der Waals surface area contributed by atoms with E-state index in [-0.39, 0.29) is 24.2 Å². The van der Waals surface area contributed by atoms with Gasteiger partial charge in [-0.05, 0) is 55.2 Å². The zero-order chi connectivity index (χ0) is 19.4. The van der Waals surface area contributed by atoms with Crippen molar-refractivity contribution in [1.29, 1.82) is 0 Å². The van der Waals surface area contributed by atoms with Crippen molar-refractivity contribution in [2.75, 3.05) is 16.8 Å². The lowest BCUT2D eigenvalue weighted by Crippen LogP contribution is -2.28. The van der Waals surface area contributed by atoms with Crippen LogP contribution in [0.3, 0.4) is 0 Å². The number of hydrogen-bond donors (Lipinski definition) is 1. The van der Waals surface area contributed by atoms with Gasteiger partial charge in [-0.1, -0.05) is 43.1 Å². The standard InChI is InChI=1S/C22H25ClN2O2/c1-3-4-6-16-9-11-18(12-10-16)25-14-17(13-21(25)26)22(27)24-20-8-5-7-19(23)15(20)2/h5,7-12,17H,3-4,6,13-14H2,1-2H3,(H,24,27)/t17-/m1/s1. The molecule has 27 heavy (non-hydrogen) atoms. The minimum atomic E-state index is -0.365. The maximum Gasteiger partial charge on any atom is 0.229 e. The molecule has 1 saturated heterocycles. The van der Waals surface area contributed by atoms with Crippen LogP contribution in [0.4, 0.5) is 11.4 Å². The van der Waals surface area contributed by atoms with E-state index in [9.17, 15) is 9.59 Å². The van der Waals surface area contributed by atoms with E-state index in [0.717, 1.165) is 30.5 Å². The van der Waals surface area contributed by atoms with Gasteiger partial charge < -0.3 is 10.2 Å². The van der Waals surface area contributed by atoms with Gasteiger partial charge in [-0.2, -0.15) is 0 Å². The molecule has 2 aromatic carbocycles. The summed E-state index contributed by atoms with van der Waals surface area (Å²) in [4.78, 5) is 26.8. The van der Waals surface area contributed by atoms with Crippen molar-refractivity contribution in [1.82, 2.24) is 0 Å². The molecule has 5 heteroatoms. The van der Waals surface area contributed by atoms with Crippen molar-refractivity contribution in [3.8, 4) is 0 Å². The molecule has 2 aromatic rings. The Morgan fingerprint density at radius 3 is 2.67 bits per heavy atom. The second kappa shape index (κ2) is 8.57. The van der Waals surface area contributed by atoms with E-state index in [0.29, 0.717) is 17.3 Å². The first kappa shape index (κ1) is 19.4. The van der Waals surface area contributed by atoms with Crippen molar-refractivity contribution in [3.05, 3.63) is 58.6 Å². The van der Waals surface area contributed by atoms with E-state index in [4.69, 9.17) is 11.6 Å². The first-order chi connectivity index (χ1) is 13.0. The summed E-state index contributed by atoms with van der Waals surface area (Å²) >= 11 is 6.11. The lowest BCUT2D eigenvalue weighted by atomic mass is 10.1. The highest BCUT2D eigenvalue weighted by molar-refractivity contribution is 6.31. The Morgan fingerprint density at radius 1 is 1.22 bits per heavy atom. The van der Waals surface area contributed by atoms with Crippen LogP contribution < -0.4 is 10.2 Å². The van der Waals surface area contributed by atoms with E-state index in [1.54, 1.807) is 17.0 Å². The molecule has 1 atom stereocenters. The summed E-state index contributed by atoms with van der Waals surface area (Å²) in [5.74, 6) is -0.522. The predicted molar refractivity (Wildman–Crippen MR) is 110 cm³/mol. The van der Waals surface area contributed by atoms with E-state index >= 15 is 0 Å². The number of unbranched alkanes of at least 4 members (excludes halogenated alkanes) is 1. The van der Waals surface area contributed by atoms with Gasteiger partial charge in [-0.3, -0.25) is 9.59 Å². The number of nitrogens with zero attached hydrogens (tertiary/aromatic N) is 1. The van der Waals surface area contributed by atoms with Gasteiger partial charge in [0.25, 0.3) is 0 Å². The highest BCUT2D eigenvalue weighted by Crippen LogP contribution is 2.28. The number of aryl methyl sites for hydroxylation is 1. The predicted octanol–water partition coefficient (Wildman–Crippen LogP) is 4.98. The number of benzene rings is 2. The molecule has 1 heterocycles. The fourth-order valence-corrected chi connectivity index (χ4v) is 3.51.